The molecule has 0 aliphatic carbocycles. The van der Waals surface area contributed by atoms with E-state index in [9.17, 15) is 4.79 Å². The van der Waals surface area contributed by atoms with E-state index in [0.717, 1.165) is 37.1 Å². The lowest BCUT2D eigenvalue weighted by Crippen LogP contribution is -2.26. The third-order valence-electron chi connectivity index (χ3n) is 3.38. The van der Waals surface area contributed by atoms with E-state index in [0.29, 0.717) is 10.6 Å². The molecule has 124 valence electrons. The maximum Gasteiger partial charge on any atom is 0.158 e. The van der Waals surface area contributed by atoms with Gasteiger partial charge in [0.1, 0.15) is 5.84 Å². The predicted molar refractivity (Wildman–Crippen MR) is 102 cm³/mol. The van der Waals surface area contributed by atoms with Crippen molar-refractivity contribution in [3.63, 3.8) is 0 Å². The van der Waals surface area contributed by atoms with E-state index in [-0.39, 0.29) is 0 Å². The summed E-state index contributed by atoms with van der Waals surface area (Å²) in [6.45, 7) is 8.78. The Kier molecular flexibility index (Phi) is 8.41. The van der Waals surface area contributed by atoms with Crippen LogP contribution in [0.15, 0.2) is 58.1 Å². The first-order chi connectivity index (χ1) is 11.0. The van der Waals surface area contributed by atoms with E-state index < -0.39 is 0 Å². The quantitative estimate of drug-likeness (QED) is 0.228. The Balaban J connectivity index is 3.14. The van der Waals surface area contributed by atoms with Gasteiger partial charge in [0, 0.05) is 20.0 Å². The second kappa shape index (κ2) is 10.1. The van der Waals surface area contributed by atoms with Crippen molar-refractivity contribution in [2.75, 3.05) is 13.3 Å². The summed E-state index contributed by atoms with van der Waals surface area (Å²) in [5.74, 6) is 0.975. The second-order valence-corrected chi connectivity index (χ2v) is 6.28. The average molecular weight is 330 g/mol. The van der Waals surface area contributed by atoms with Gasteiger partial charge in [-0.25, -0.2) is 4.99 Å². The van der Waals surface area contributed by atoms with E-state index in [2.05, 4.69) is 30.5 Å². The molecule has 0 unspecified atom stereocenters. The van der Waals surface area contributed by atoms with Gasteiger partial charge >= 0.3 is 0 Å². The smallest absolute Gasteiger partial charge is 0.158 e. The van der Waals surface area contributed by atoms with Crippen LogP contribution in [0.1, 0.15) is 32.3 Å². The Hall–Kier alpha value is -1.81. The van der Waals surface area contributed by atoms with Crippen molar-refractivity contribution in [1.29, 1.82) is 0 Å². The van der Waals surface area contributed by atoms with Crippen LogP contribution in [0.4, 0.5) is 0 Å². The molecule has 0 heterocycles. The summed E-state index contributed by atoms with van der Waals surface area (Å²) in [6, 6.07) is 10.3. The highest BCUT2D eigenvalue weighted by molar-refractivity contribution is 8.03. The van der Waals surface area contributed by atoms with E-state index in [1.165, 1.54) is 17.3 Å². The number of carbonyl (C=O) groups excluding carboxylic acids is 1. The number of thioether (sulfide) groups is 1. The highest BCUT2D eigenvalue weighted by Crippen LogP contribution is 2.22. The van der Waals surface area contributed by atoms with Gasteiger partial charge in [-0.3, -0.25) is 4.79 Å². The second-order valence-electron chi connectivity index (χ2n) is 5.43. The van der Waals surface area contributed by atoms with Crippen molar-refractivity contribution < 1.29 is 4.79 Å². The van der Waals surface area contributed by atoms with Crippen molar-refractivity contribution in [3.8, 4) is 0 Å². The Labute approximate surface area is 144 Å². The molecular formula is C19H26N2OS. The van der Waals surface area contributed by atoms with E-state index in [1.54, 1.807) is 0 Å². The fourth-order valence-corrected chi connectivity index (χ4v) is 2.70. The van der Waals surface area contributed by atoms with Crippen molar-refractivity contribution in [2.24, 2.45) is 4.99 Å². The third kappa shape index (κ3) is 6.06. The Morgan fingerprint density at radius 3 is 2.48 bits per heavy atom. The lowest BCUT2D eigenvalue weighted by molar-refractivity contribution is -0.104. The van der Waals surface area contributed by atoms with Crippen LogP contribution < -0.4 is 0 Å². The molecule has 4 heteroatoms. The fraction of sp³-hybridized carbons (Fsp3) is 0.368. The topological polar surface area (TPSA) is 32.7 Å². The summed E-state index contributed by atoms with van der Waals surface area (Å²) < 4.78 is 0. The minimum Gasteiger partial charge on any atom is -0.359 e. The Morgan fingerprint density at radius 1 is 1.35 bits per heavy atom. The van der Waals surface area contributed by atoms with Crippen LogP contribution in [0.25, 0.3) is 0 Å². The zero-order valence-electron chi connectivity index (χ0n) is 14.5. The zero-order valence-corrected chi connectivity index (χ0v) is 15.3. The molecule has 1 aromatic carbocycles. The maximum atomic E-state index is 11.3. The molecule has 0 atom stereocenters. The number of benzene rings is 1. The number of rotatable bonds is 8. The van der Waals surface area contributed by atoms with Crippen LogP contribution in [0, 0.1) is 0 Å². The van der Waals surface area contributed by atoms with Crippen molar-refractivity contribution in [2.45, 2.75) is 33.2 Å². The molecule has 0 saturated heterocycles. The zero-order chi connectivity index (χ0) is 17.2. The first-order valence-electron chi connectivity index (χ1n) is 7.75. The molecule has 0 amide bonds. The van der Waals surface area contributed by atoms with Crippen LogP contribution >= 0.6 is 11.8 Å². The number of aliphatic imine (C=N–C) groups is 1. The molecule has 0 N–H and O–H groups in total. The molecule has 3 nitrogen and oxygen atoms in total. The van der Waals surface area contributed by atoms with E-state index >= 15 is 0 Å². The van der Waals surface area contributed by atoms with Crippen LogP contribution in [0.2, 0.25) is 0 Å². The van der Waals surface area contributed by atoms with Crippen LogP contribution in [-0.2, 0) is 11.3 Å². The van der Waals surface area contributed by atoms with Gasteiger partial charge in [-0.1, -0.05) is 43.8 Å². The summed E-state index contributed by atoms with van der Waals surface area (Å²) in [5.41, 5.74) is 2.74. The molecule has 0 bridgehead atoms. The summed E-state index contributed by atoms with van der Waals surface area (Å²) >= 11 is 1.41. The molecule has 0 spiro atoms. The first kappa shape index (κ1) is 19.2. The molecule has 0 aliphatic rings. The molecule has 0 aliphatic heterocycles. The van der Waals surface area contributed by atoms with Crippen LogP contribution in [-0.4, -0.2) is 30.3 Å². The summed E-state index contributed by atoms with van der Waals surface area (Å²) in [7, 11) is 2.04. The molecule has 0 saturated carbocycles. The number of allylic oxidation sites excluding steroid dienone is 2. The average Bonchev–Trinajstić information content (AvgIpc) is 2.54. The van der Waals surface area contributed by atoms with E-state index in [4.69, 9.17) is 4.99 Å². The van der Waals surface area contributed by atoms with Crippen molar-refractivity contribution in [3.05, 3.63) is 58.6 Å². The number of nitrogens with zero attached hydrogens (tertiary/aromatic N) is 2. The lowest BCUT2D eigenvalue weighted by atomic mass is 10.2. The Bertz CT molecular complexity index is 591. The maximum absolute atomic E-state index is 11.3. The van der Waals surface area contributed by atoms with Gasteiger partial charge in [-0.05, 0) is 30.7 Å². The number of hydrogen-bond donors (Lipinski definition) is 0. The first-order valence-corrected chi connectivity index (χ1v) is 8.97. The number of hydrogen-bond acceptors (Lipinski definition) is 3. The van der Waals surface area contributed by atoms with Gasteiger partial charge < -0.3 is 4.90 Å². The molecule has 23 heavy (non-hydrogen) atoms. The minimum atomic E-state index is 0.624. The minimum absolute atomic E-state index is 0.624. The van der Waals surface area contributed by atoms with Crippen LogP contribution in [0.3, 0.4) is 0 Å². The van der Waals surface area contributed by atoms with Gasteiger partial charge in [-0.2, -0.15) is 0 Å². The molecule has 0 radical (unpaired) electrons. The van der Waals surface area contributed by atoms with Crippen molar-refractivity contribution in [1.82, 2.24) is 4.90 Å². The standard InChI is InChI=1S/C19H26N2OS/c1-6-10-18(20-19(15(2)3)17(14-22)23-5)21(4)13-16-11-8-7-9-12-16/h7-9,11-12,14H,2,6,10,13H2,1,3-5H3/b19-17+,20-18?. The summed E-state index contributed by atoms with van der Waals surface area (Å²) in [5, 5.41) is 0. The summed E-state index contributed by atoms with van der Waals surface area (Å²) in [6.07, 6.45) is 4.60. The number of carbonyl (C=O) groups is 1. The van der Waals surface area contributed by atoms with Crippen molar-refractivity contribution >= 4 is 23.9 Å². The normalized spacial score (nSPS) is 12.6. The van der Waals surface area contributed by atoms with Gasteiger partial charge in [0.2, 0.25) is 0 Å². The lowest BCUT2D eigenvalue weighted by Gasteiger charge is -2.22. The van der Waals surface area contributed by atoms with Crippen LogP contribution in [0.5, 0.6) is 0 Å². The molecular weight excluding hydrogens is 304 g/mol. The van der Waals surface area contributed by atoms with Gasteiger partial charge in [-0.15, -0.1) is 11.8 Å². The highest BCUT2D eigenvalue weighted by atomic mass is 32.2. The van der Waals surface area contributed by atoms with Gasteiger partial charge in [0.15, 0.2) is 6.29 Å². The summed E-state index contributed by atoms with van der Waals surface area (Å²) in [4.78, 5) is 18.8. The molecule has 0 aromatic heterocycles. The molecule has 1 aromatic rings. The molecule has 1 rings (SSSR count). The number of amidine groups is 1. The van der Waals surface area contributed by atoms with Gasteiger partial charge in [0.05, 0.1) is 10.6 Å². The Morgan fingerprint density at radius 2 is 2.00 bits per heavy atom. The highest BCUT2D eigenvalue weighted by Gasteiger charge is 2.11. The number of aldehydes is 1. The van der Waals surface area contributed by atoms with Gasteiger partial charge in [0.25, 0.3) is 0 Å². The fourth-order valence-electron chi connectivity index (χ4n) is 2.19. The SMILES string of the molecule is C=C(C)/C(N=C(CCC)N(C)Cc1ccccc1)=C(/C=O)SC. The third-order valence-corrected chi connectivity index (χ3v) is 4.11. The monoisotopic (exact) mass is 330 g/mol. The molecule has 0 fully saturated rings. The predicted octanol–water partition coefficient (Wildman–Crippen LogP) is 4.67. The van der Waals surface area contributed by atoms with E-state index in [1.807, 2.05) is 38.4 Å². The largest absolute Gasteiger partial charge is 0.359 e.